The zero-order valence-electron chi connectivity index (χ0n) is 25.5. The molecule has 2 aromatic heterocycles. The summed E-state index contributed by atoms with van der Waals surface area (Å²) in [5, 5.41) is 0. The van der Waals surface area contributed by atoms with Crippen LogP contribution in [0, 0.1) is 0 Å². The molecule has 11 heteroatoms. The van der Waals surface area contributed by atoms with E-state index in [1.807, 2.05) is 24.3 Å². The highest BCUT2D eigenvalue weighted by molar-refractivity contribution is 5.91. The van der Waals surface area contributed by atoms with E-state index in [2.05, 4.69) is 49.9 Å². The minimum Gasteiger partial charge on any atom is -0.494 e. The van der Waals surface area contributed by atoms with Gasteiger partial charge in [-0.15, -0.1) is 0 Å². The number of rotatable bonds is 13. The third-order valence-electron chi connectivity index (χ3n) is 8.26. The number of H-pyrrole nitrogens is 2. The van der Waals surface area contributed by atoms with Gasteiger partial charge in [0.2, 0.25) is 5.82 Å². The first kappa shape index (κ1) is 30.8. The Balaban J connectivity index is 1.02. The number of ether oxygens (including phenoxy) is 2. The van der Waals surface area contributed by atoms with Crippen molar-refractivity contribution in [1.82, 2.24) is 24.8 Å². The molecule has 0 amide bonds. The van der Waals surface area contributed by atoms with Crippen molar-refractivity contribution in [1.29, 1.82) is 0 Å². The molecular formula is C34H39F3N6O2. The zero-order chi connectivity index (χ0) is 31.2. The molecule has 1 fully saturated rings. The number of hydrogen-bond donors (Lipinski definition) is 2. The average molecular weight is 621 g/mol. The third-order valence-corrected chi connectivity index (χ3v) is 8.26. The number of hydrogen-bond acceptors (Lipinski definition) is 6. The monoisotopic (exact) mass is 620 g/mol. The van der Waals surface area contributed by atoms with Crippen LogP contribution in [0.1, 0.15) is 44.9 Å². The van der Waals surface area contributed by atoms with Crippen molar-refractivity contribution in [2.75, 3.05) is 50.8 Å². The number of imidazole rings is 2. The number of alkyl halides is 3. The number of piperazine rings is 1. The van der Waals surface area contributed by atoms with Crippen LogP contribution in [0.15, 0.2) is 60.7 Å². The van der Waals surface area contributed by atoms with Crippen molar-refractivity contribution in [3.63, 3.8) is 0 Å². The first-order chi connectivity index (χ1) is 21.9. The fourth-order valence-corrected chi connectivity index (χ4v) is 5.77. The number of nitrogens with one attached hydrogen (secondary N) is 2. The van der Waals surface area contributed by atoms with E-state index in [0.717, 1.165) is 73.1 Å². The first-order valence-electron chi connectivity index (χ1n) is 15.8. The lowest BCUT2D eigenvalue weighted by atomic mass is 10.2. The molecular weight excluding hydrogens is 581 g/mol. The molecule has 0 aliphatic carbocycles. The van der Waals surface area contributed by atoms with Crippen molar-refractivity contribution in [3.8, 4) is 22.9 Å². The highest BCUT2D eigenvalue weighted by Gasteiger charge is 2.35. The summed E-state index contributed by atoms with van der Waals surface area (Å²) in [6.45, 7) is 7.31. The topological polar surface area (TPSA) is 82.3 Å². The number of fused-ring (bicyclic) bond motifs is 2. The van der Waals surface area contributed by atoms with Crippen LogP contribution in [-0.2, 0) is 6.18 Å². The smallest absolute Gasteiger partial charge is 0.449 e. The SMILES string of the molecule is CCCCCCCOc1ccc(-c2nc3c(N4CCN(CCOc5cccc6[nH]c(C(F)(F)F)nc56)CC4)cccc3[nH]2)cc1. The van der Waals surface area contributed by atoms with Gasteiger partial charge >= 0.3 is 6.18 Å². The Bertz CT molecular complexity index is 1690. The van der Waals surface area contributed by atoms with E-state index in [4.69, 9.17) is 14.5 Å². The molecule has 3 heterocycles. The van der Waals surface area contributed by atoms with Crippen LogP contribution in [-0.4, -0.2) is 70.8 Å². The maximum absolute atomic E-state index is 13.1. The number of aromatic amines is 2. The predicted octanol–water partition coefficient (Wildman–Crippen LogP) is 7.68. The van der Waals surface area contributed by atoms with Crippen LogP contribution in [0.2, 0.25) is 0 Å². The highest BCUT2D eigenvalue weighted by atomic mass is 19.4. The molecule has 2 N–H and O–H groups in total. The third kappa shape index (κ3) is 7.36. The van der Waals surface area contributed by atoms with Gasteiger partial charge in [0.25, 0.3) is 0 Å². The van der Waals surface area contributed by atoms with Crippen LogP contribution in [0.25, 0.3) is 33.5 Å². The van der Waals surface area contributed by atoms with Crippen molar-refractivity contribution in [2.45, 2.75) is 45.2 Å². The maximum atomic E-state index is 13.1. The molecule has 0 bridgehead atoms. The van der Waals surface area contributed by atoms with E-state index < -0.39 is 12.0 Å². The molecule has 5 aromatic rings. The van der Waals surface area contributed by atoms with Crippen LogP contribution < -0.4 is 14.4 Å². The number of unbranched alkanes of at least 4 members (excludes halogenated alkanes) is 4. The minimum absolute atomic E-state index is 0.193. The molecule has 3 aromatic carbocycles. The summed E-state index contributed by atoms with van der Waals surface area (Å²) in [7, 11) is 0. The fourth-order valence-electron chi connectivity index (χ4n) is 5.77. The number of halogens is 3. The molecule has 238 valence electrons. The second kappa shape index (κ2) is 13.8. The molecule has 1 aliphatic heterocycles. The van der Waals surface area contributed by atoms with Gasteiger partial charge in [0.15, 0.2) is 0 Å². The van der Waals surface area contributed by atoms with Gasteiger partial charge in [-0.2, -0.15) is 13.2 Å². The van der Waals surface area contributed by atoms with Crippen molar-refractivity contribution >= 4 is 27.8 Å². The Morgan fingerprint density at radius 1 is 0.756 bits per heavy atom. The summed E-state index contributed by atoms with van der Waals surface area (Å²) in [5.74, 6) is 1.03. The Morgan fingerprint density at radius 2 is 1.49 bits per heavy atom. The summed E-state index contributed by atoms with van der Waals surface area (Å²) in [5.41, 5.74) is 4.54. The molecule has 0 spiro atoms. The lowest BCUT2D eigenvalue weighted by Gasteiger charge is -2.36. The summed E-state index contributed by atoms with van der Waals surface area (Å²) >= 11 is 0. The van der Waals surface area contributed by atoms with Gasteiger partial charge in [0, 0.05) is 38.3 Å². The van der Waals surface area contributed by atoms with Gasteiger partial charge in [-0.25, -0.2) is 9.97 Å². The summed E-state index contributed by atoms with van der Waals surface area (Å²) < 4.78 is 51.1. The maximum Gasteiger partial charge on any atom is 0.449 e. The standard InChI is InChI=1S/C34H39F3N6O2/c1-2-3-4-5-6-22-44-25-15-13-24(14-16-25)32-38-26-9-7-11-28(30(26)40-32)43-19-17-42(18-20-43)21-23-45-29-12-8-10-27-31(29)41-33(39-27)34(35,36)37/h7-16H,2-6,17-23H2,1H3,(H,38,40)(H,39,41). The summed E-state index contributed by atoms with van der Waals surface area (Å²) in [6, 6.07) is 19.2. The largest absolute Gasteiger partial charge is 0.494 e. The molecule has 8 nitrogen and oxygen atoms in total. The fraction of sp³-hybridized carbons (Fsp3) is 0.412. The number of anilines is 1. The van der Waals surface area contributed by atoms with E-state index in [1.54, 1.807) is 18.2 Å². The second-order valence-corrected chi connectivity index (χ2v) is 11.5. The van der Waals surface area contributed by atoms with Gasteiger partial charge in [-0.3, -0.25) is 4.90 Å². The van der Waals surface area contributed by atoms with Gasteiger partial charge in [-0.05, 0) is 55.0 Å². The quantitative estimate of drug-likeness (QED) is 0.132. The number of benzene rings is 3. The molecule has 45 heavy (non-hydrogen) atoms. The highest BCUT2D eigenvalue weighted by Crippen LogP contribution is 2.32. The molecule has 1 aliphatic rings. The van der Waals surface area contributed by atoms with Gasteiger partial charge in [0.05, 0.1) is 23.3 Å². The Labute approximate surface area is 260 Å². The Hall–Kier alpha value is -4.25. The number of aromatic nitrogens is 4. The minimum atomic E-state index is -4.54. The molecule has 1 saturated heterocycles. The van der Waals surface area contributed by atoms with Crippen LogP contribution in [0.4, 0.5) is 18.9 Å². The molecule has 0 unspecified atom stereocenters. The van der Waals surface area contributed by atoms with Crippen LogP contribution >= 0.6 is 0 Å². The van der Waals surface area contributed by atoms with E-state index in [1.165, 1.54) is 25.7 Å². The Kier molecular flexibility index (Phi) is 9.44. The van der Waals surface area contributed by atoms with Gasteiger partial charge < -0.3 is 24.3 Å². The van der Waals surface area contributed by atoms with E-state index in [9.17, 15) is 13.2 Å². The molecule has 0 radical (unpaired) electrons. The van der Waals surface area contributed by atoms with Gasteiger partial charge in [0.1, 0.15) is 35.0 Å². The average Bonchev–Trinajstić information content (AvgIpc) is 3.69. The zero-order valence-corrected chi connectivity index (χ0v) is 25.5. The number of para-hydroxylation sites is 2. The van der Waals surface area contributed by atoms with Gasteiger partial charge in [-0.1, -0.05) is 44.7 Å². The summed E-state index contributed by atoms with van der Waals surface area (Å²) in [6.07, 6.45) is 1.54. The lowest BCUT2D eigenvalue weighted by molar-refractivity contribution is -0.144. The van der Waals surface area contributed by atoms with Crippen LogP contribution in [0.3, 0.4) is 0 Å². The number of nitrogens with zero attached hydrogens (tertiary/aromatic N) is 4. The normalized spacial score (nSPS) is 14.4. The summed E-state index contributed by atoms with van der Waals surface area (Å²) in [4.78, 5) is 19.2. The van der Waals surface area contributed by atoms with E-state index >= 15 is 0 Å². The van der Waals surface area contributed by atoms with E-state index in [-0.39, 0.29) is 5.52 Å². The Morgan fingerprint density at radius 3 is 2.24 bits per heavy atom. The molecule has 0 atom stereocenters. The van der Waals surface area contributed by atoms with Crippen molar-refractivity contribution in [2.24, 2.45) is 0 Å². The lowest BCUT2D eigenvalue weighted by Crippen LogP contribution is -2.47. The van der Waals surface area contributed by atoms with Crippen molar-refractivity contribution in [3.05, 3.63) is 66.5 Å². The van der Waals surface area contributed by atoms with E-state index in [0.29, 0.717) is 24.4 Å². The van der Waals surface area contributed by atoms with Crippen LogP contribution in [0.5, 0.6) is 11.5 Å². The molecule has 0 saturated carbocycles. The molecule has 6 rings (SSSR count). The predicted molar refractivity (Wildman–Crippen MR) is 171 cm³/mol. The first-order valence-corrected chi connectivity index (χ1v) is 15.8. The van der Waals surface area contributed by atoms with Crippen molar-refractivity contribution < 1.29 is 22.6 Å². The second-order valence-electron chi connectivity index (χ2n) is 11.5.